The van der Waals surface area contributed by atoms with Crippen molar-refractivity contribution in [3.63, 3.8) is 0 Å². The molecule has 164 valence electrons. The number of nitrogen functional groups attached to an aromatic ring is 1. The van der Waals surface area contributed by atoms with E-state index >= 15 is 0 Å². The Morgan fingerprint density at radius 2 is 1.34 bits per heavy atom. The van der Waals surface area contributed by atoms with Gasteiger partial charge in [-0.1, -0.05) is 56.8 Å². The minimum Gasteiger partial charge on any atom is -0.457 e. The third kappa shape index (κ3) is 5.90. The van der Waals surface area contributed by atoms with Crippen molar-refractivity contribution >= 4 is 5.69 Å². The van der Waals surface area contributed by atoms with E-state index in [1.807, 2.05) is 60.7 Å². The molecule has 32 heavy (non-hydrogen) atoms. The molecule has 0 amide bonds. The van der Waals surface area contributed by atoms with Crippen LogP contribution in [0.25, 0.3) is 0 Å². The van der Waals surface area contributed by atoms with E-state index in [0.29, 0.717) is 18.0 Å². The van der Waals surface area contributed by atoms with Crippen LogP contribution in [0.3, 0.4) is 0 Å². The van der Waals surface area contributed by atoms with Gasteiger partial charge < -0.3 is 20.9 Å². The number of ether oxygens (including phenoxy) is 2. The van der Waals surface area contributed by atoms with Crippen LogP contribution in [0.2, 0.25) is 0 Å². The molecule has 0 unspecified atom stereocenters. The lowest BCUT2D eigenvalue weighted by Crippen LogP contribution is -2.18. The van der Waals surface area contributed by atoms with Crippen molar-refractivity contribution < 1.29 is 9.47 Å². The maximum atomic E-state index is 5.93. The van der Waals surface area contributed by atoms with Crippen LogP contribution in [0.1, 0.15) is 25.0 Å². The fourth-order valence-electron chi connectivity index (χ4n) is 3.28. The predicted molar refractivity (Wildman–Crippen MR) is 133 cm³/mol. The van der Waals surface area contributed by atoms with E-state index in [1.165, 1.54) is 11.1 Å². The van der Waals surface area contributed by atoms with Crippen LogP contribution in [0.4, 0.5) is 5.69 Å². The van der Waals surface area contributed by atoms with Crippen molar-refractivity contribution in [2.24, 2.45) is 5.73 Å². The average molecular weight is 427 g/mol. The molecule has 0 heterocycles. The fourth-order valence-corrected chi connectivity index (χ4v) is 3.28. The number of hydrogen-bond acceptors (Lipinski definition) is 4. The molecule has 3 aromatic carbocycles. The Balaban J connectivity index is 1.72. The molecule has 3 rings (SSSR count). The maximum absolute atomic E-state index is 5.93. The van der Waals surface area contributed by atoms with Gasteiger partial charge in [0.15, 0.2) is 0 Å². The molecule has 0 spiro atoms. The highest BCUT2D eigenvalue weighted by Crippen LogP contribution is 2.34. The second-order valence-corrected chi connectivity index (χ2v) is 7.89. The topological polar surface area (TPSA) is 70.5 Å². The summed E-state index contributed by atoms with van der Waals surface area (Å²) in [5.41, 5.74) is 14.2. The van der Waals surface area contributed by atoms with Crippen LogP contribution in [-0.2, 0) is 5.41 Å². The quantitative estimate of drug-likeness (QED) is 0.238. The van der Waals surface area contributed by atoms with Crippen molar-refractivity contribution in [3.8, 4) is 17.2 Å². The first-order chi connectivity index (χ1) is 15.4. The van der Waals surface area contributed by atoms with Crippen LogP contribution < -0.4 is 20.9 Å². The van der Waals surface area contributed by atoms with E-state index in [-0.39, 0.29) is 5.41 Å². The Morgan fingerprint density at radius 3 is 1.84 bits per heavy atom. The number of benzene rings is 3. The summed E-state index contributed by atoms with van der Waals surface area (Å²) in [5, 5.41) is 0. The van der Waals surface area contributed by atoms with Crippen LogP contribution in [0.15, 0.2) is 109 Å². The summed E-state index contributed by atoms with van der Waals surface area (Å²) >= 11 is 0. The summed E-state index contributed by atoms with van der Waals surface area (Å²) in [6.45, 7) is 8.58. The molecule has 0 saturated carbocycles. The largest absolute Gasteiger partial charge is 0.457 e. The lowest BCUT2D eigenvalue weighted by atomic mass is 9.78. The number of allylic oxidation sites excluding steroid dienone is 3. The van der Waals surface area contributed by atoms with Gasteiger partial charge in [0.25, 0.3) is 0 Å². The van der Waals surface area contributed by atoms with Gasteiger partial charge in [-0.3, -0.25) is 0 Å². The lowest BCUT2D eigenvalue weighted by molar-refractivity contribution is 0.444. The standard InChI is InChI=1S/C28H30N2O2/c1-4-6-24(7-5-20-29)31-25-14-8-21(9-15-25)28(2,3)22-10-16-26(17-11-22)32-27-18-12-23(30)13-19-27/h4-19H,1,20,29-30H2,2-3H3/b7-5-,24-6+. The molecule has 0 aliphatic heterocycles. The summed E-state index contributed by atoms with van der Waals surface area (Å²) in [4.78, 5) is 0. The molecule has 0 bridgehead atoms. The predicted octanol–water partition coefficient (Wildman–Crippen LogP) is 6.35. The normalized spacial score (nSPS) is 12.0. The summed E-state index contributed by atoms with van der Waals surface area (Å²) < 4.78 is 11.8. The molecule has 4 heteroatoms. The van der Waals surface area contributed by atoms with Crippen molar-refractivity contribution in [3.05, 3.63) is 121 Å². The summed E-state index contributed by atoms with van der Waals surface area (Å²) in [7, 11) is 0. The molecule has 0 fully saturated rings. The zero-order valence-corrected chi connectivity index (χ0v) is 18.6. The lowest BCUT2D eigenvalue weighted by Gasteiger charge is -2.26. The van der Waals surface area contributed by atoms with Crippen molar-refractivity contribution in [2.45, 2.75) is 19.3 Å². The Kier molecular flexibility index (Phi) is 7.53. The molecule has 4 nitrogen and oxygen atoms in total. The number of hydrogen-bond donors (Lipinski definition) is 2. The van der Waals surface area contributed by atoms with Gasteiger partial charge in [-0.15, -0.1) is 0 Å². The van der Waals surface area contributed by atoms with E-state index in [1.54, 1.807) is 12.2 Å². The van der Waals surface area contributed by atoms with E-state index < -0.39 is 0 Å². The molecule has 0 aliphatic carbocycles. The third-order valence-corrected chi connectivity index (χ3v) is 5.20. The highest BCUT2D eigenvalue weighted by atomic mass is 16.5. The summed E-state index contributed by atoms with van der Waals surface area (Å²) in [6, 6.07) is 23.7. The first kappa shape index (κ1) is 22.9. The second kappa shape index (κ2) is 10.5. The smallest absolute Gasteiger partial charge is 0.127 e. The molecule has 0 saturated heterocycles. The fraction of sp³-hybridized carbons (Fsp3) is 0.143. The number of anilines is 1. The molecular formula is C28H30N2O2. The third-order valence-electron chi connectivity index (χ3n) is 5.20. The summed E-state index contributed by atoms with van der Waals surface area (Å²) in [5.74, 6) is 2.99. The number of rotatable bonds is 9. The Bertz CT molecular complexity index is 1080. The zero-order valence-electron chi connectivity index (χ0n) is 18.6. The molecule has 0 aliphatic rings. The van der Waals surface area contributed by atoms with Gasteiger partial charge in [0.1, 0.15) is 23.0 Å². The van der Waals surface area contributed by atoms with E-state index in [2.05, 4.69) is 44.7 Å². The van der Waals surface area contributed by atoms with Gasteiger partial charge >= 0.3 is 0 Å². The first-order valence-corrected chi connectivity index (χ1v) is 10.5. The van der Waals surface area contributed by atoms with Crippen molar-refractivity contribution in [2.75, 3.05) is 12.3 Å². The number of nitrogens with two attached hydrogens (primary N) is 2. The minimum atomic E-state index is -0.183. The van der Waals surface area contributed by atoms with Crippen LogP contribution in [-0.4, -0.2) is 6.54 Å². The Labute approximate surface area is 190 Å². The van der Waals surface area contributed by atoms with Gasteiger partial charge in [0.05, 0.1) is 0 Å². The van der Waals surface area contributed by atoms with Gasteiger partial charge in [-0.2, -0.15) is 0 Å². The average Bonchev–Trinajstić information content (AvgIpc) is 2.80. The van der Waals surface area contributed by atoms with Gasteiger partial charge in [0, 0.05) is 17.6 Å². The monoisotopic (exact) mass is 426 g/mol. The van der Waals surface area contributed by atoms with Gasteiger partial charge in [0.2, 0.25) is 0 Å². The second-order valence-electron chi connectivity index (χ2n) is 7.89. The molecule has 4 N–H and O–H groups in total. The van der Waals surface area contributed by atoms with E-state index in [0.717, 1.165) is 17.2 Å². The highest BCUT2D eigenvalue weighted by molar-refractivity contribution is 5.45. The van der Waals surface area contributed by atoms with E-state index in [9.17, 15) is 0 Å². The zero-order chi connectivity index (χ0) is 23.0. The van der Waals surface area contributed by atoms with E-state index in [4.69, 9.17) is 20.9 Å². The first-order valence-electron chi connectivity index (χ1n) is 10.5. The van der Waals surface area contributed by atoms with Gasteiger partial charge in [-0.05, 0) is 71.8 Å². The highest BCUT2D eigenvalue weighted by Gasteiger charge is 2.23. The molecule has 3 aromatic rings. The molecule has 0 radical (unpaired) electrons. The molecule has 0 aromatic heterocycles. The molecular weight excluding hydrogens is 396 g/mol. The van der Waals surface area contributed by atoms with Crippen molar-refractivity contribution in [1.29, 1.82) is 0 Å². The van der Waals surface area contributed by atoms with Gasteiger partial charge in [-0.25, -0.2) is 0 Å². The SMILES string of the molecule is C=C/C=C(\C=C/CN)Oc1ccc(C(C)(C)c2ccc(Oc3ccc(N)cc3)cc2)cc1. The van der Waals surface area contributed by atoms with Crippen LogP contribution in [0.5, 0.6) is 17.2 Å². The Hall–Kier alpha value is -3.76. The Morgan fingerprint density at radius 1 is 0.844 bits per heavy atom. The van der Waals surface area contributed by atoms with Crippen molar-refractivity contribution in [1.82, 2.24) is 0 Å². The summed E-state index contributed by atoms with van der Waals surface area (Å²) in [6.07, 6.45) is 7.17. The maximum Gasteiger partial charge on any atom is 0.127 e. The van der Waals surface area contributed by atoms with Crippen LogP contribution in [0, 0.1) is 0 Å². The van der Waals surface area contributed by atoms with Crippen LogP contribution >= 0.6 is 0 Å². The minimum absolute atomic E-state index is 0.183. The molecule has 0 atom stereocenters.